The van der Waals surface area contributed by atoms with Gasteiger partial charge in [0.1, 0.15) is 17.1 Å². The predicted octanol–water partition coefficient (Wildman–Crippen LogP) is 4.70. The lowest BCUT2D eigenvalue weighted by Gasteiger charge is -2.14. The number of aromatic hydroxyl groups is 1. The van der Waals surface area contributed by atoms with E-state index >= 15 is 0 Å². The van der Waals surface area contributed by atoms with Gasteiger partial charge >= 0.3 is 0 Å². The molecule has 1 heterocycles. The van der Waals surface area contributed by atoms with Crippen molar-refractivity contribution in [3.63, 3.8) is 0 Å². The number of fused-ring (bicyclic) bond motifs is 1. The Morgan fingerprint density at radius 2 is 1.97 bits per heavy atom. The van der Waals surface area contributed by atoms with Gasteiger partial charge in [-0.15, -0.1) is 0 Å². The molecule has 0 unspecified atom stereocenters. The summed E-state index contributed by atoms with van der Waals surface area (Å²) in [6.07, 6.45) is 7.72. The van der Waals surface area contributed by atoms with Crippen molar-refractivity contribution in [2.45, 2.75) is 44.9 Å². The third-order valence-corrected chi connectivity index (χ3v) is 5.66. The minimum Gasteiger partial charge on any atom is -0.508 e. The molecule has 0 radical (unpaired) electrons. The van der Waals surface area contributed by atoms with Crippen LogP contribution in [0.4, 0.5) is 4.39 Å². The topological polar surface area (TPSA) is 78.0 Å². The van der Waals surface area contributed by atoms with Gasteiger partial charge in [-0.3, -0.25) is 4.79 Å². The van der Waals surface area contributed by atoms with Crippen molar-refractivity contribution < 1.29 is 14.3 Å². The van der Waals surface area contributed by atoms with Crippen LogP contribution in [0.25, 0.3) is 11.0 Å². The van der Waals surface area contributed by atoms with Crippen LogP contribution in [-0.4, -0.2) is 27.5 Å². The first-order valence-corrected chi connectivity index (χ1v) is 10.3. The van der Waals surface area contributed by atoms with E-state index in [0.717, 1.165) is 18.4 Å². The number of rotatable bonds is 5. The molecule has 1 saturated carbocycles. The summed E-state index contributed by atoms with van der Waals surface area (Å²) in [7, 11) is 0. The molecule has 1 fully saturated rings. The van der Waals surface area contributed by atoms with Crippen molar-refractivity contribution in [1.29, 1.82) is 0 Å². The zero-order valence-corrected chi connectivity index (χ0v) is 16.4. The van der Waals surface area contributed by atoms with Gasteiger partial charge in [0, 0.05) is 18.5 Å². The Morgan fingerprint density at radius 1 is 1.17 bits per heavy atom. The van der Waals surface area contributed by atoms with Gasteiger partial charge in [-0.25, -0.2) is 9.37 Å². The van der Waals surface area contributed by atoms with Crippen molar-refractivity contribution in [2.75, 3.05) is 6.54 Å². The molecule has 0 aliphatic heterocycles. The monoisotopic (exact) mass is 395 g/mol. The van der Waals surface area contributed by atoms with E-state index in [9.17, 15) is 14.3 Å². The van der Waals surface area contributed by atoms with Crippen LogP contribution in [0.3, 0.4) is 0 Å². The Bertz CT molecular complexity index is 1010. The Balaban J connectivity index is 1.48. The van der Waals surface area contributed by atoms with E-state index in [4.69, 9.17) is 0 Å². The normalized spacial score (nSPS) is 15.3. The molecular formula is C23H26FN3O2. The summed E-state index contributed by atoms with van der Waals surface area (Å²) >= 11 is 0. The number of amides is 1. The second kappa shape index (κ2) is 8.64. The molecule has 0 spiro atoms. The van der Waals surface area contributed by atoms with E-state index in [1.807, 2.05) is 6.07 Å². The number of carbonyl (C=O) groups is 1. The average molecular weight is 395 g/mol. The van der Waals surface area contributed by atoms with E-state index in [2.05, 4.69) is 15.3 Å². The smallest absolute Gasteiger partial charge is 0.251 e. The van der Waals surface area contributed by atoms with Gasteiger partial charge in [0.05, 0.1) is 5.52 Å². The zero-order valence-electron chi connectivity index (χ0n) is 16.4. The SMILES string of the molecule is O=C(NCC1CCCCCC1)c1cc(F)c2nc(Cc3cccc(O)c3)[nH]c2c1. The average Bonchev–Trinajstić information content (AvgIpc) is 2.93. The number of nitrogens with one attached hydrogen (secondary N) is 2. The van der Waals surface area contributed by atoms with Gasteiger partial charge in [-0.2, -0.15) is 0 Å². The van der Waals surface area contributed by atoms with Crippen molar-refractivity contribution in [3.8, 4) is 5.75 Å². The molecule has 2 aromatic carbocycles. The Hall–Kier alpha value is -2.89. The molecule has 4 rings (SSSR count). The Labute approximate surface area is 169 Å². The van der Waals surface area contributed by atoms with Crippen molar-refractivity contribution in [3.05, 3.63) is 59.2 Å². The number of imidazole rings is 1. The maximum Gasteiger partial charge on any atom is 0.251 e. The molecule has 1 aliphatic rings. The van der Waals surface area contributed by atoms with Crippen LogP contribution in [0.5, 0.6) is 5.75 Å². The fourth-order valence-corrected chi connectivity index (χ4v) is 4.11. The van der Waals surface area contributed by atoms with E-state index in [1.165, 1.54) is 31.7 Å². The van der Waals surface area contributed by atoms with Gasteiger partial charge in [-0.1, -0.05) is 37.8 Å². The van der Waals surface area contributed by atoms with E-state index in [1.54, 1.807) is 24.3 Å². The van der Waals surface area contributed by atoms with Gasteiger partial charge in [0.25, 0.3) is 5.91 Å². The first kappa shape index (κ1) is 19.4. The highest BCUT2D eigenvalue weighted by atomic mass is 19.1. The van der Waals surface area contributed by atoms with Crippen molar-refractivity contribution >= 4 is 16.9 Å². The zero-order chi connectivity index (χ0) is 20.2. The largest absolute Gasteiger partial charge is 0.508 e. The van der Waals surface area contributed by atoms with Crippen LogP contribution in [-0.2, 0) is 6.42 Å². The fourth-order valence-electron chi connectivity index (χ4n) is 4.11. The molecule has 6 heteroatoms. The van der Waals surface area contributed by atoms with Crippen LogP contribution >= 0.6 is 0 Å². The fraction of sp³-hybridized carbons (Fsp3) is 0.391. The van der Waals surface area contributed by atoms with Gasteiger partial charge in [0.2, 0.25) is 0 Å². The number of hydrogen-bond donors (Lipinski definition) is 3. The molecule has 1 aromatic heterocycles. The maximum absolute atomic E-state index is 14.6. The number of nitrogens with zero attached hydrogens (tertiary/aromatic N) is 1. The first-order chi connectivity index (χ1) is 14.1. The van der Waals surface area contributed by atoms with Gasteiger partial charge in [-0.05, 0) is 48.6 Å². The highest BCUT2D eigenvalue weighted by Crippen LogP contribution is 2.23. The third kappa shape index (κ3) is 4.75. The molecule has 29 heavy (non-hydrogen) atoms. The number of H-pyrrole nitrogens is 1. The number of hydrogen-bond acceptors (Lipinski definition) is 3. The summed E-state index contributed by atoms with van der Waals surface area (Å²) in [6, 6.07) is 9.78. The Kier molecular flexibility index (Phi) is 5.79. The van der Waals surface area contributed by atoms with E-state index in [0.29, 0.717) is 35.8 Å². The molecule has 1 amide bonds. The lowest BCUT2D eigenvalue weighted by Crippen LogP contribution is -2.29. The van der Waals surface area contributed by atoms with Crippen LogP contribution in [0, 0.1) is 11.7 Å². The standard InChI is InChI=1S/C23H26FN3O2/c24-19-12-17(23(29)25-14-15-6-3-1-2-4-7-15)13-20-22(19)27-21(26-20)11-16-8-5-9-18(28)10-16/h5,8-10,12-13,15,28H,1-4,6-7,11,14H2,(H,25,29)(H,26,27). The summed E-state index contributed by atoms with van der Waals surface area (Å²) < 4.78 is 14.6. The number of phenols is 1. The lowest BCUT2D eigenvalue weighted by molar-refractivity contribution is 0.0945. The summed E-state index contributed by atoms with van der Waals surface area (Å²) in [6.45, 7) is 0.643. The molecule has 152 valence electrons. The molecule has 0 saturated heterocycles. The third-order valence-electron chi connectivity index (χ3n) is 5.66. The quantitative estimate of drug-likeness (QED) is 0.548. The number of phenolic OH excluding ortho intramolecular Hbond substituents is 1. The summed E-state index contributed by atoms with van der Waals surface area (Å²) in [4.78, 5) is 20.0. The molecule has 0 atom stereocenters. The van der Waals surface area contributed by atoms with Crippen LogP contribution in [0.15, 0.2) is 36.4 Å². The molecule has 3 N–H and O–H groups in total. The second-order valence-corrected chi connectivity index (χ2v) is 7.95. The van der Waals surface area contributed by atoms with Crippen LogP contribution in [0.2, 0.25) is 0 Å². The number of carbonyl (C=O) groups excluding carboxylic acids is 1. The van der Waals surface area contributed by atoms with Gasteiger partial charge in [0.15, 0.2) is 5.82 Å². The molecular weight excluding hydrogens is 369 g/mol. The molecule has 1 aliphatic carbocycles. The highest BCUT2D eigenvalue weighted by Gasteiger charge is 2.17. The van der Waals surface area contributed by atoms with E-state index < -0.39 is 5.82 Å². The number of halogens is 1. The minimum atomic E-state index is -0.513. The summed E-state index contributed by atoms with van der Waals surface area (Å²) in [5.74, 6) is 0.508. The molecule has 0 bridgehead atoms. The summed E-state index contributed by atoms with van der Waals surface area (Å²) in [5, 5.41) is 12.6. The number of aromatic amines is 1. The minimum absolute atomic E-state index is 0.178. The number of aromatic nitrogens is 2. The summed E-state index contributed by atoms with van der Waals surface area (Å²) in [5.41, 5.74) is 1.89. The van der Waals surface area contributed by atoms with Crippen molar-refractivity contribution in [1.82, 2.24) is 15.3 Å². The highest BCUT2D eigenvalue weighted by molar-refractivity contribution is 5.97. The number of benzene rings is 2. The van der Waals surface area contributed by atoms with E-state index in [-0.39, 0.29) is 17.2 Å². The molecule has 3 aromatic rings. The van der Waals surface area contributed by atoms with Crippen LogP contribution < -0.4 is 5.32 Å². The van der Waals surface area contributed by atoms with Crippen molar-refractivity contribution in [2.24, 2.45) is 5.92 Å². The first-order valence-electron chi connectivity index (χ1n) is 10.3. The molecule has 5 nitrogen and oxygen atoms in total. The lowest BCUT2D eigenvalue weighted by atomic mass is 10.0. The van der Waals surface area contributed by atoms with Gasteiger partial charge < -0.3 is 15.4 Å². The second-order valence-electron chi connectivity index (χ2n) is 7.95. The maximum atomic E-state index is 14.6. The van der Waals surface area contributed by atoms with Crippen LogP contribution in [0.1, 0.15) is 60.3 Å². The predicted molar refractivity (Wildman–Crippen MR) is 110 cm³/mol. The Morgan fingerprint density at radius 3 is 2.72 bits per heavy atom.